The zero-order chi connectivity index (χ0) is 25.2. The van der Waals surface area contributed by atoms with Crippen molar-refractivity contribution in [3.05, 3.63) is 0 Å². The Balaban J connectivity index is 1.79. The first-order chi connectivity index (χ1) is 16.1. The standard InChI is InChI=1S/C18H22N6O10/c1-33-9(27)3-19-7(25)5-23-13-11(15(29)21-17(23)31)12-14(13)24(18(32)22-16(12)30)6-8(26)20-4-10(28)34-2/h11-14H,3-6H2,1-2H3,(H,19,25)(H,20,26)(H,21,29,31)(H,22,30,32)/t11-,12-,13-,14-/m0/s1. The van der Waals surface area contributed by atoms with Gasteiger partial charge < -0.3 is 29.9 Å². The number of fused-ring (bicyclic) bond motifs is 4. The van der Waals surface area contributed by atoms with E-state index in [1.165, 1.54) is 0 Å². The molecule has 2 aliphatic heterocycles. The summed E-state index contributed by atoms with van der Waals surface area (Å²) in [6, 6.07) is -4.05. The summed E-state index contributed by atoms with van der Waals surface area (Å²) in [5, 5.41) is 8.63. The maximum Gasteiger partial charge on any atom is 0.325 e. The minimum atomic E-state index is -1.08. The number of nitrogens with one attached hydrogen (secondary N) is 4. The lowest BCUT2D eigenvalue weighted by atomic mass is 9.60. The van der Waals surface area contributed by atoms with E-state index in [9.17, 15) is 38.4 Å². The third-order valence-corrected chi connectivity index (χ3v) is 5.72. The maximum atomic E-state index is 12.5. The molecule has 0 aromatic heterocycles. The highest BCUT2D eigenvalue weighted by atomic mass is 16.5. The van der Waals surface area contributed by atoms with Crippen molar-refractivity contribution in [1.29, 1.82) is 0 Å². The minimum absolute atomic E-state index is 0.461. The van der Waals surface area contributed by atoms with Crippen LogP contribution in [0.15, 0.2) is 0 Å². The summed E-state index contributed by atoms with van der Waals surface area (Å²) in [6.45, 7) is -2.12. The number of rotatable bonds is 8. The van der Waals surface area contributed by atoms with Crippen LogP contribution in [0.2, 0.25) is 0 Å². The molecule has 1 aliphatic carbocycles. The molecule has 0 aromatic carbocycles. The molecule has 3 aliphatic rings. The van der Waals surface area contributed by atoms with E-state index < -0.39 is 97.7 Å². The molecule has 16 nitrogen and oxygen atoms in total. The molecule has 0 aromatic rings. The SMILES string of the molecule is COC(=O)CNC(=O)CN1C(=O)NC(=O)[C@H]2[C@@H]3C(=O)NC(=O)N(CC(=O)NCC(=O)OC)[C@@H]3[C@H]21. The van der Waals surface area contributed by atoms with Gasteiger partial charge in [0.25, 0.3) is 0 Å². The molecule has 2 heterocycles. The van der Waals surface area contributed by atoms with Gasteiger partial charge in [0.2, 0.25) is 23.6 Å². The fourth-order valence-corrected chi connectivity index (χ4v) is 4.15. The fraction of sp³-hybridized carbons (Fsp3) is 0.556. The Morgan fingerprint density at radius 3 is 1.41 bits per heavy atom. The summed E-state index contributed by atoms with van der Waals surface area (Å²) in [6.07, 6.45) is 0. The monoisotopic (exact) mass is 482 g/mol. The number of hydrogen-bond donors (Lipinski definition) is 4. The van der Waals surface area contributed by atoms with Crippen LogP contribution in [0.3, 0.4) is 0 Å². The third kappa shape index (κ3) is 4.60. The topological polar surface area (TPSA) is 210 Å². The van der Waals surface area contributed by atoms with Gasteiger partial charge in [-0.15, -0.1) is 0 Å². The van der Waals surface area contributed by atoms with Gasteiger partial charge in [0.1, 0.15) is 26.2 Å². The highest BCUT2D eigenvalue weighted by Gasteiger charge is 2.67. The largest absolute Gasteiger partial charge is 0.468 e. The molecule has 34 heavy (non-hydrogen) atoms. The molecule has 16 heteroatoms. The summed E-state index contributed by atoms with van der Waals surface area (Å²) in [5.41, 5.74) is 0. The van der Waals surface area contributed by atoms with Gasteiger partial charge in [0.05, 0.1) is 38.1 Å². The molecule has 1 saturated carbocycles. The number of nitrogens with zero attached hydrogens (tertiary/aromatic N) is 2. The van der Waals surface area contributed by atoms with Crippen LogP contribution in [-0.4, -0.2) is 110 Å². The fourth-order valence-electron chi connectivity index (χ4n) is 4.15. The van der Waals surface area contributed by atoms with Gasteiger partial charge in [-0.05, 0) is 0 Å². The van der Waals surface area contributed by atoms with E-state index in [0.29, 0.717) is 0 Å². The van der Waals surface area contributed by atoms with Crippen LogP contribution in [0.1, 0.15) is 0 Å². The van der Waals surface area contributed by atoms with Crippen LogP contribution in [-0.2, 0) is 38.2 Å². The van der Waals surface area contributed by atoms with Crippen molar-refractivity contribution in [2.45, 2.75) is 12.1 Å². The summed E-state index contributed by atoms with van der Waals surface area (Å²) in [4.78, 5) is 98.8. The highest BCUT2D eigenvalue weighted by molar-refractivity contribution is 6.08. The Kier molecular flexibility index (Phi) is 6.97. The second-order valence-electron chi connectivity index (χ2n) is 7.58. The van der Waals surface area contributed by atoms with E-state index in [1.807, 2.05) is 0 Å². The Bertz CT molecular complexity index is 891. The molecule has 0 bridgehead atoms. The summed E-state index contributed by atoms with van der Waals surface area (Å²) < 4.78 is 8.83. The van der Waals surface area contributed by atoms with E-state index in [-0.39, 0.29) is 0 Å². The van der Waals surface area contributed by atoms with Gasteiger partial charge in [0, 0.05) is 0 Å². The summed E-state index contributed by atoms with van der Waals surface area (Å²) in [5.74, 6) is -6.66. The van der Waals surface area contributed by atoms with Crippen molar-refractivity contribution >= 4 is 47.6 Å². The predicted octanol–water partition coefficient (Wildman–Crippen LogP) is -4.35. The number of methoxy groups -OCH3 is 2. The molecular weight excluding hydrogens is 460 g/mol. The molecule has 4 N–H and O–H groups in total. The van der Waals surface area contributed by atoms with E-state index in [0.717, 1.165) is 24.0 Å². The number of esters is 2. The molecule has 184 valence electrons. The Labute approximate surface area is 191 Å². The van der Waals surface area contributed by atoms with Crippen LogP contribution in [0, 0.1) is 11.8 Å². The number of amides is 8. The Morgan fingerprint density at radius 2 is 1.09 bits per heavy atom. The second-order valence-corrected chi connectivity index (χ2v) is 7.58. The first-order valence-electron chi connectivity index (χ1n) is 9.99. The summed E-state index contributed by atoms with van der Waals surface area (Å²) >= 11 is 0. The number of imide groups is 2. The van der Waals surface area contributed by atoms with E-state index in [2.05, 4.69) is 30.7 Å². The molecule has 2 saturated heterocycles. The molecule has 0 radical (unpaired) electrons. The smallest absolute Gasteiger partial charge is 0.325 e. The van der Waals surface area contributed by atoms with Crippen molar-refractivity contribution in [1.82, 2.24) is 31.1 Å². The molecule has 3 fully saturated rings. The molecule has 4 atom stereocenters. The average molecular weight is 482 g/mol. The van der Waals surface area contributed by atoms with Crippen LogP contribution in [0.25, 0.3) is 0 Å². The van der Waals surface area contributed by atoms with Crippen LogP contribution in [0.4, 0.5) is 9.59 Å². The molecular formula is C18H22N6O10. The van der Waals surface area contributed by atoms with Gasteiger partial charge >= 0.3 is 24.0 Å². The quantitative estimate of drug-likeness (QED) is 0.244. The molecule has 8 amide bonds. The minimum Gasteiger partial charge on any atom is -0.468 e. The Morgan fingerprint density at radius 1 is 0.735 bits per heavy atom. The highest BCUT2D eigenvalue weighted by Crippen LogP contribution is 2.45. The van der Waals surface area contributed by atoms with Crippen molar-refractivity contribution in [2.24, 2.45) is 11.8 Å². The summed E-state index contributed by atoms with van der Waals surface area (Å²) in [7, 11) is 2.25. The maximum absolute atomic E-state index is 12.5. The van der Waals surface area contributed by atoms with Crippen LogP contribution in [0.5, 0.6) is 0 Å². The van der Waals surface area contributed by atoms with Crippen LogP contribution < -0.4 is 21.3 Å². The normalized spacial score (nSPS) is 25.1. The van der Waals surface area contributed by atoms with E-state index >= 15 is 0 Å². The number of hydrogen-bond acceptors (Lipinski definition) is 10. The van der Waals surface area contributed by atoms with Gasteiger partial charge in [-0.1, -0.05) is 0 Å². The lowest BCUT2D eigenvalue weighted by molar-refractivity contribution is -0.164. The number of ether oxygens (including phenoxy) is 2. The van der Waals surface area contributed by atoms with Crippen molar-refractivity contribution in [3.63, 3.8) is 0 Å². The number of urea groups is 2. The predicted molar refractivity (Wildman–Crippen MR) is 105 cm³/mol. The van der Waals surface area contributed by atoms with E-state index in [1.54, 1.807) is 0 Å². The van der Waals surface area contributed by atoms with E-state index in [4.69, 9.17) is 0 Å². The average Bonchev–Trinajstić information content (AvgIpc) is 2.77. The van der Waals surface area contributed by atoms with Gasteiger partial charge in [-0.2, -0.15) is 0 Å². The molecule has 3 rings (SSSR count). The lowest BCUT2D eigenvalue weighted by Gasteiger charge is -2.60. The zero-order valence-electron chi connectivity index (χ0n) is 18.1. The first-order valence-corrected chi connectivity index (χ1v) is 9.99. The molecule has 0 spiro atoms. The van der Waals surface area contributed by atoms with Gasteiger partial charge in [0.15, 0.2) is 0 Å². The Hall–Kier alpha value is -4.24. The lowest BCUT2D eigenvalue weighted by Crippen LogP contribution is -2.83. The van der Waals surface area contributed by atoms with Crippen molar-refractivity contribution in [2.75, 3.05) is 40.4 Å². The van der Waals surface area contributed by atoms with Crippen molar-refractivity contribution in [3.8, 4) is 0 Å². The van der Waals surface area contributed by atoms with Gasteiger partial charge in [-0.3, -0.25) is 39.4 Å². The number of carbonyl (C=O) groups excluding carboxylic acids is 8. The van der Waals surface area contributed by atoms with Gasteiger partial charge in [-0.25, -0.2) is 9.59 Å². The van der Waals surface area contributed by atoms with Crippen LogP contribution >= 0.6 is 0 Å². The third-order valence-electron chi connectivity index (χ3n) is 5.72. The first kappa shape index (κ1) is 24.4. The number of carbonyl (C=O) groups is 8. The second kappa shape index (κ2) is 9.72. The molecule has 0 unspecified atom stereocenters. The zero-order valence-corrected chi connectivity index (χ0v) is 18.1. The van der Waals surface area contributed by atoms with Crippen molar-refractivity contribution < 1.29 is 47.8 Å².